The maximum Gasteiger partial charge on any atom is 0.292 e. The van der Waals surface area contributed by atoms with E-state index in [0.717, 1.165) is 25.0 Å². The molecule has 18 heavy (non-hydrogen) atoms. The molecule has 100 valence electrons. The number of aryl methyl sites for hydroxylation is 1. The van der Waals surface area contributed by atoms with Gasteiger partial charge in [-0.25, -0.2) is 0 Å². The molecular formula is C13H21N3O2. The van der Waals surface area contributed by atoms with Gasteiger partial charge in [0, 0.05) is 18.7 Å². The molecule has 1 heterocycles. The number of carbonyl (C=O) groups is 1. The number of hydrogen-bond acceptors (Lipinski definition) is 4. The van der Waals surface area contributed by atoms with Crippen molar-refractivity contribution < 1.29 is 9.32 Å². The molecule has 5 nitrogen and oxygen atoms in total. The largest absolute Gasteiger partial charge is 0.351 e. The minimum absolute atomic E-state index is 0.0663. The van der Waals surface area contributed by atoms with E-state index < -0.39 is 0 Å². The fourth-order valence-corrected chi connectivity index (χ4v) is 2.84. The molecule has 2 unspecified atom stereocenters. The van der Waals surface area contributed by atoms with Gasteiger partial charge < -0.3 is 15.2 Å². The molecule has 0 saturated heterocycles. The molecule has 1 aromatic rings. The van der Waals surface area contributed by atoms with Crippen LogP contribution in [-0.2, 0) is 0 Å². The Morgan fingerprint density at radius 2 is 2.39 bits per heavy atom. The minimum Gasteiger partial charge on any atom is -0.351 e. The quantitative estimate of drug-likeness (QED) is 0.881. The van der Waals surface area contributed by atoms with Gasteiger partial charge in [0.1, 0.15) is 0 Å². The van der Waals surface area contributed by atoms with Crippen molar-refractivity contribution in [1.29, 1.82) is 0 Å². The van der Waals surface area contributed by atoms with Crippen molar-refractivity contribution in [2.45, 2.75) is 39.2 Å². The zero-order valence-electron chi connectivity index (χ0n) is 11.1. The smallest absolute Gasteiger partial charge is 0.292 e. The Bertz CT molecular complexity index is 416. The lowest BCUT2D eigenvalue weighted by atomic mass is 10.0. The summed E-state index contributed by atoms with van der Waals surface area (Å²) in [4.78, 5) is 14.3. The predicted molar refractivity (Wildman–Crippen MR) is 68.1 cm³/mol. The average molecular weight is 251 g/mol. The summed E-state index contributed by atoms with van der Waals surface area (Å²) in [5, 5.41) is 3.77. The van der Waals surface area contributed by atoms with Crippen LogP contribution in [0.4, 0.5) is 0 Å². The van der Waals surface area contributed by atoms with Gasteiger partial charge in [0.05, 0.1) is 5.69 Å². The summed E-state index contributed by atoms with van der Waals surface area (Å²) in [6, 6.07) is 1.94. The molecule has 1 aliphatic rings. The van der Waals surface area contributed by atoms with Gasteiger partial charge in [-0.2, -0.15) is 0 Å². The topological polar surface area (TPSA) is 72.4 Å². The molecule has 0 aliphatic heterocycles. The number of nitrogens with zero attached hydrogens (tertiary/aromatic N) is 2. The van der Waals surface area contributed by atoms with E-state index in [1.54, 1.807) is 6.07 Å². The molecule has 2 rings (SSSR count). The van der Waals surface area contributed by atoms with Gasteiger partial charge in [0.25, 0.3) is 5.91 Å². The SMILES string of the molecule is CCN(C(=O)c1cc(C)no1)C1CCCC1CN. The monoisotopic (exact) mass is 251 g/mol. The molecule has 1 aliphatic carbocycles. The molecule has 0 radical (unpaired) electrons. The Morgan fingerprint density at radius 1 is 1.61 bits per heavy atom. The predicted octanol–water partition coefficient (Wildman–Crippen LogP) is 1.57. The van der Waals surface area contributed by atoms with E-state index in [1.807, 2.05) is 18.7 Å². The zero-order chi connectivity index (χ0) is 13.1. The Labute approximate surface area is 107 Å². The first kappa shape index (κ1) is 13.1. The minimum atomic E-state index is -0.0663. The maximum atomic E-state index is 12.4. The van der Waals surface area contributed by atoms with E-state index in [1.165, 1.54) is 0 Å². The summed E-state index contributed by atoms with van der Waals surface area (Å²) in [5.41, 5.74) is 6.52. The van der Waals surface area contributed by atoms with Crippen LogP contribution < -0.4 is 5.73 Å². The van der Waals surface area contributed by atoms with Crippen LogP contribution in [0.15, 0.2) is 10.6 Å². The van der Waals surface area contributed by atoms with E-state index >= 15 is 0 Å². The summed E-state index contributed by atoms with van der Waals surface area (Å²) in [5.74, 6) is 0.679. The number of nitrogens with two attached hydrogens (primary N) is 1. The van der Waals surface area contributed by atoms with E-state index in [2.05, 4.69) is 5.16 Å². The highest BCUT2D eigenvalue weighted by Gasteiger charge is 2.34. The highest BCUT2D eigenvalue weighted by molar-refractivity contribution is 5.91. The van der Waals surface area contributed by atoms with Crippen molar-refractivity contribution in [2.75, 3.05) is 13.1 Å². The van der Waals surface area contributed by atoms with Gasteiger partial charge >= 0.3 is 0 Å². The van der Waals surface area contributed by atoms with Crippen LogP contribution in [0.3, 0.4) is 0 Å². The van der Waals surface area contributed by atoms with Gasteiger partial charge in [-0.05, 0) is 39.2 Å². The number of hydrogen-bond donors (Lipinski definition) is 1. The Kier molecular flexibility index (Phi) is 4.01. The van der Waals surface area contributed by atoms with Gasteiger partial charge in [-0.15, -0.1) is 0 Å². The van der Waals surface area contributed by atoms with Crippen molar-refractivity contribution in [3.8, 4) is 0 Å². The summed E-state index contributed by atoms with van der Waals surface area (Å²) in [7, 11) is 0. The molecule has 0 spiro atoms. The summed E-state index contributed by atoms with van der Waals surface area (Å²) in [6.07, 6.45) is 3.29. The molecule has 5 heteroatoms. The third-order valence-corrected chi connectivity index (χ3v) is 3.76. The van der Waals surface area contributed by atoms with Crippen molar-refractivity contribution in [3.05, 3.63) is 17.5 Å². The number of aromatic nitrogens is 1. The molecule has 1 fully saturated rings. The maximum absolute atomic E-state index is 12.4. The van der Waals surface area contributed by atoms with E-state index in [-0.39, 0.29) is 11.9 Å². The molecule has 2 atom stereocenters. The Hall–Kier alpha value is -1.36. The highest BCUT2D eigenvalue weighted by Crippen LogP contribution is 2.30. The summed E-state index contributed by atoms with van der Waals surface area (Å²) in [6.45, 7) is 5.13. The van der Waals surface area contributed by atoms with E-state index in [4.69, 9.17) is 10.3 Å². The lowest BCUT2D eigenvalue weighted by molar-refractivity contribution is 0.0609. The second-order valence-electron chi connectivity index (χ2n) is 4.92. The van der Waals surface area contributed by atoms with Crippen molar-refractivity contribution >= 4 is 5.91 Å². The molecular weight excluding hydrogens is 230 g/mol. The zero-order valence-corrected chi connectivity index (χ0v) is 11.1. The van der Waals surface area contributed by atoms with Gasteiger partial charge in [-0.1, -0.05) is 11.6 Å². The van der Waals surface area contributed by atoms with E-state index in [9.17, 15) is 4.79 Å². The normalized spacial score (nSPS) is 23.3. The van der Waals surface area contributed by atoms with Crippen LogP contribution >= 0.6 is 0 Å². The number of carbonyl (C=O) groups excluding carboxylic acids is 1. The Balaban J connectivity index is 2.15. The summed E-state index contributed by atoms with van der Waals surface area (Å²) < 4.78 is 5.06. The second kappa shape index (κ2) is 5.52. The number of amides is 1. The second-order valence-corrected chi connectivity index (χ2v) is 4.92. The fraction of sp³-hybridized carbons (Fsp3) is 0.692. The van der Waals surface area contributed by atoms with Crippen LogP contribution in [0.25, 0.3) is 0 Å². The van der Waals surface area contributed by atoms with Crippen molar-refractivity contribution in [3.63, 3.8) is 0 Å². The van der Waals surface area contributed by atoms with Crippen LogP contribution in [0, 0.1) is 12.8 Å². The molecule has 1 aromatic heterocycles. The van der Waals surface area contributed by atoms with Crippen LogP contribution in [0.2, 0.25) is 0 Å². The van der Waals surface area contributed by atoms with Crippen LogP contribution in [0.5, 0.6) is 0 Å². The van der Waals surface area contributed by atoms with Gasteiger partial charge in [0.15, 0.2) is 0 Å². The van der Waals surface area contributed by atoms with E-state index in [0.29, 0.717) is 24.8 Å². The first-order chi connectivity index (χ1) is 8.67. The van der Waals surface area contributed by atoms with Crippen LogP contribution in [-0.4, -0.2) is 35.1 Å². The standard InChI is InChI=1S/C13H21N3O2/c1-3-16(11-6-4-5-10(11)8-14)13(17)12-7-9(2)15-18-12/h7,10-11H,3-6,8,14H2,1-2H3. The van der Waals surface area contributed by atoms with Crippen molar-refractivity contribution in [2.24, 2.45) is 11.7 Å². The molecule has 0 bridgehead atoms. The van der Waals surface area contributed by atoms with Gasteiger partial charge in [-0.3, -0.25) is 4.79 Å². The first-order valence-corrected chi connectivity index (χ1v) is 6.61. The van der Waals surface area contributed by atoms with Gasteiger partial charge in [0.2, 0.25) is 5.76 Å². The highest BCUT2D eigenvalue weighted by atomic mass is 16.5. The molecule has 1 amide bonds. The fourth-order valence-electron chi connectivity index (χ4n) is 2.84. The molecule has 0 aromatic carbocycles. The van der Waals surface area contributed by atoms with Crippen molar-refractivity contribution in [1.82, 2.24) is 10.1 Å². The number of rotatable bonds is 4. The lowest BCUT2D eigenvalue weighted by Crippen LogP contribution is -2.44. The first-order valence-electron chi connectivity index (χ1n) is 6.61. The lowest BCUT2D eigenvalue weighted by Gasteiger charge is -2.31. The summed E-state index contributed by atoms with van der Waals surface area (Å²) >= 11 is 0. The third kappa shape index (κ3) is 2.41. The van der Waals surface area contributed by atoms with Crippen LogP contribution in [0.1, 0.15) is 42.4 Å². The molecule has 1 saturated carbocycles. The molecule has 2 N–H and O–H groups in total. The third-order valence-electron chi connectivity index (χ3n) is 3.76. The average Bonchev–Trinajstić information content (AvgIpc) is 2.98. The Morgan fingerprint density at radius 3 is 2.94 bits per heavy atom.